The summed E-state index contributed by atoms with van der Waals surface area (Å²) in [7, 11) is 0. The highest BCUT2D eigenvalue weighted by atomic mass is 32.1. The fourth-order valence-electron chi connectivity index (χ4n) is 2.60. The Hall–Kier alpha value is -2.20. The van der Waals surface area contributed by atoms with Gasteiger partial charge in [-0.25, -0.2) is 9.98 Å². The van der Waals surface area contributed by atoms with Gasteiger partial charge in [0.15, 0.2) is 0 Å². The van der Waals surface area contributed by atoms with E-state index in [1.54, 1.807) is 11.3 Å². The summed E-state index contributed by atoms with van der Waals surface area (Å²) in [6.07, 6.45) is 10.2. The van der Waals surface area contributed by atoms with Crippen molar-refractivity contribution in [2.24, 2.45) is 10.9 Å². The first-order valence-electron chi connectivity index (χ1n) is 6.60. The lowest BCUT2D eigenvalue weighted by molar-refractivity contribution is 0.724. The quantitative estimate of drug-likeness (QED) is 0.912. The lowest BCUT2D eigenvalue weighted by Crippen LogP contribution is -2.31. The van der Waals surface area contributed by atoms with Gasteiger partial charge in [0.2, 0.25) is 0 Å². The van der Waals surface area contributed by atoms with Gasteiger partial charge in [-0.2, -0.15) is 0 Å². The number of thiazole rings is 1. The van der Waals surface area contributed by atoms with Crippen LogP contribution in [0.4, 0.5) is 0 Å². The predicted octanol–water partition coefficient (Wildman–Crippen LogP) is 3.55. The zero-order valence-corrected chi connectivity index (χ0v) is 11.5. The second kappa shape index (κ2) is 4.72. The summed E-state index contributed by atoms with van der Waals surface area (Å²) in [5, 5.41) is 4.29. The van der Waals surface area contributed by atoms with Gasteiger partial charge in [-0.1, -0.05) is 42.5 Å². The molecule has 3 heterocycles. The summed E-state index contributed by atoms with van der Waals surface area (Å²) in [4.78, 5) is 10.2. The molecule has 0 radical (unpaired) electrons. The van der Waals surface area contributed by atoms with Crippen molar-refractivity contribution >= 4 is 17.2 Å². The molecule has 1 aromatic heterocycles. The Morgan fingerprint density at radius 2 is 1.95 bits per heavy atom. The van der Waals surface area contributed by atoms with Crippen LogP contribution in [0.15, 0.2) is 66.1 Å². The maximum Gasteiger partial charge on any atom is 0.123 e. The average molecular weight is 279 g/mol. The van der Waals surface area contributed by atoms with Crippen molar-refractivity contribution in [1.29, 1.82) is 0 Å². The molecule has 2 aliphatic rings. The van der Waals surface area contributed by atoms with Crippen LogP contribution in [0.3, 0.4) is 0 Å². The van der Waals surface area contributed by atoms with Crippen LogP contribution >= 0.6 is 11.3 Å². The Balaban J connectivity index is 1.69. The molecule has 0 amide bonds. The van der Waals surface area contributed by atoms with E-state index in [1.807, 2.05) is 36.8 Å². The molecule has 0 saturated heterocycles. The second-order valence-corrected chi connectivity index (χ2v) is 5.91. The molecule has 2 atom stereocenters. The molecule has 0 bridgehead atoms. The van der Waals surface area contributed by atoms with Gasteiger partial charge >= 0.3 is 0 Å². The van der Waals surface area contributed by atoms with Crippen molar-refractivity contribution in [3.05, 3.63) is 66.0 Å². The number of hydrogen-bond donors (Lipinski definition) is 1. The second-order valence-electron chi connectivity index (χ2n) is 4.84. The van der Waals surface area contributed by atoms with Gasteiger partial charge < -0.3 is 5.32 Å². The first kappa shape index (κ1) is 11.6. The zero-order chi connectivity index (χ0) is 13.4. The summed E-state index contributed by atoms with van der Waals surface area (Å²) in [5.41, 5.74) is 1.18. The molecule has 1 N–H and O–H groups in total. The molecule has 1 aromatic carbocycles. The number of fused-ring (bicyclic) bond motifs is 1. The first-order chi connectivity index (χ1) is 9.92. The molecule has 98 valence electrons. The summed E-state index contributed by atoms with van der Waals surface area (Å²) < 4.78 is 0. The van der Waals surface area contributed by atoms with Crippen LogP contribution < -0.4 is 5.32 Å². The topological polar surface area (TPSA) is 37.3 Å². The van der Waals surface area contributed by atoms with Gasteiger partial charge in [0.05, 0.1) is 0 Å². The van der Waals surface area contributed by atoms with Crippen molar-refractivity contribution in [2.75, 3.05) is 0 Å². The van der Waals surface area contributed by atoms with Crippen LogP contribution in [-0.2, 0) is 0 Å². The SMILES string of the molecule is C1=CC2C(=N1)NC=CC2c1cnc(-c2ccccc2)s1. The lowest BCUT2D eigenvalue weighted by Gasteiger charge is -2.23. The Labute approximate surface area is 121 Å². The molecule has 3 nitrogen and oxygen atoms in total. The molecular weight excluding hydrogens is 266 g/mol. The van der Waals surface area contributed by atoms with E-state index in [4.69, 9.17) is 0 Å². The molecule has 0 aliphatic carbocycles. The first-order valence-corrected chi connectivity index (χ1v) is 7.42. The van der Waals surface area contributed by atoms with Crippen molar-refractivity contribution in [2.45, 2.75) is 5.92 Å². The van der Waals surface area contributed by atoms with Gasteiger partial charge in [0.25, 0.3) is 0 Å². The third-order valence-corrected chi connectivity index (χ3v) is 4.77. The van der Waals surface area contributed by atoms with Crippen LogP contribution in [0.25, 0.3) is 10.6 Å². The Bertz CT molecular complexity index is 712. The summed E-state index contributed by atoms with van der Waals surface area (Å²) in [6, 6.07) is 10.3. The van der Waals surface area contributed by atoms with E-state index in [2.05, 4.69) is 39.6 Å². The number of benzene rings is 1. The fraction of sp³-hybridized carbons (Fsp3) is 0.125. The van der Waals surface area contributed by atoms with Crippen LogP contribution in [0.2, 0.25) is 0 Å². The fourth-order valence-corrected chi connectivity index (χ4v) is 3.65. The van der Waals surface area contributed by atoms with Gasteiger partial charge in [-0.15, -0.1) is 11.3 Å². The van der Waals surface area contributed by atoms with E-state index in [-0.39, 0.29) is 0 Å². The Morgan fingerprint density at radius 3 is 2.85 bits per heavy atom. The highest BCUT2D eigenvalue weighted by Crippen LogP contribution is 2.37. The average Bonchev–Trinajstić information content (AvgIpc) is 3.17. The molecule has 4 heteroatoms. The third kappa shape index (κ3) is 1.89. The summed E-state index contributed by atoms with van der Waals surface area (Å²) >= 11 is 1.76. The number of aromatic nitrogens is 1. The number of nitrogens with zero attached hydrogens (tertiary/aromatic N) is 2. The zero-order valence-electron chi connectivity index (χ0n) is 10.7. The van der Waals surface area contributed by atoms with E-state index < -0.39 is 0 Å². The van der Waals surface area contributed by atoms with Gasteiger partial charge in [0.1, 0.15) is 10.8 Å². The molecule has 0 spiro atoms. The van der Waals surface area contributed by atoms with Gasteiger partial charge in [-0.3, -0.25) is 0 Å². The summed E-state index contributed by atoms with van der Waals surface area (Å²) in [5.74, 6) is 1.69. The minimum atomic E-state index is 0.323. The number of amidine groups is 1. The Kier molecular flexibility index (Phi) is 2.74. The number of nitrogens with one attached hydrogen (secondary N) is 1. The maximum absolute atomic E-state index is 4.58. The largest absolute Gasteiger partial charge is 0.350 e. The predicted molar refractivity (Wildman–Crippen MR) is 82.6 cm³/mol. The highest BCUT2D eigenvalue weighted by Gasteiger charge is 2.29. The molecule has 4 rings (SSSR count). The van der Waals surface area contributed by atoms with E-state index in [0.29, 0.717) is 11.8 Å². The maximum atomic E-state index is 4.58. The van der Waals surface area contributed by atoms with Crippen LogP contribution in [0, 0.1) is 5.92 Å². The molecule has 2 aromatic rings. The molecule has 2 unspecified atom stereocenters. The number of aliphatic imine (C=N–C) groups is 1. The van der Waals surface area contributed by atoms with E-state index in [0.717, 1.165) is 10.8 Å². The molecule has 0 fully saturated rings. The number of rotatable bonds is 2. The minimum absolute atomic E-state index is 0.323. The minimum Gasteiger partial charge on any atom is -0.350 e. The van der Waals surface area contributed by atoms with Gasteiger partial charge in [-0.05, 0) is 6.20 Å². The highest BCUT2D eigenvalue weighted by molar-refractivity contribution is 7.15. The molecular formula is C16H13N3S. The number of hydrogen-bond acceptors (Lipinski definition) is 4. The standard InChI is InChI=1S/C16H13N3S/c1-2-4-11(5-3-1)16-19-10-14(20-16)12-6-8-17-15-13(12)7-9-18-15/h1-10,12-13H,(H,17,18). The van der Waals surface area contributed by atoms with Crippen molar-refractivity contribution in [3.63, 3.8) is 0 Å². The van der Waals surface area contributed by atoms with Crippen molar-refractivity contribution < 1.29 is 0 Å². The molecule has 20 heavy (non-hydrogen) atoms. The van der Waals surface area contributed by atoms with E-state index in [9.17, 15) is 0 Å². The lowest BCUT2D eigenvalue weighted by atomic mass is 9.89. The molecule has 0 saturated carbocycles. The van der Waals surface area contributed by atoms with Crippen molar-refractivity contribution in [3.8, 4) is 10.6 Å². The number of allylic oxidation sites excluding steroid dienone is 1. The monoisotopic (exact) mass is 279 g/mol. The Morgan fingerprint density at radius 1 is 1.05 bits per heavy atom. The van der Waals surface area contributed by atoms with Crippen LogP contribution in [0.1, 0.15) is 10.8 Å². The smallest absolute Gasteiger partial charge is 0.123 e. The molecule has 2 aliphatic heterocycles. The van der Waals surface area contributed by atoms with Crippen molar-refractivity contribution in [1.82, 2.24) is 10.3 Å². The van der Waals surface area contributed by atoms with E-state index >= 15 is 0 Å². The van der Waals surface area contributed by atoms with Crippen LogP contribution in [-0.4, -0.2) is 10.8 Å². The van der Waals surface area contributed by atoms with Crippen LogP contribution in [0.5, 0.6) is 0 Å². The third-order valence-electron chi connectivity index (χ3n) is 3.62. The summed E-state index contributed by atoms with van der Waals surface area (Å²) in [6.45, 7) is 0. The normalized spacial score (nSPS) is 23.3. The van der Waals surface area contributed by atoms with Gasteiger partial charge in [0, 0.05) is 34.7 Å². The van der Waals surface area contributed by atoms with E-state index in [1.165, 1.54) is 10.4 Å².